The van der Waals surface area contributed by atoms with Gasteiger partial charge < -0.3 is 9.52 Å². The van der Waals surface area contributed by atoms with E-state index in [0.717, 1.165) is 16.7 Å². The fraction of sp³-hybridized carbons (Fsp3) is 0.222. The van der Waals surface area contributed by atoms with E-state index in [4.69, 9.17) is 4.42 Å². The van der Waals surface area contributed by atoms with Crippen LogP contribution >= 0.6 is 0 Å². The van der Waals surface area contributed by atoms with Crippen LogP contribution in [0.2, 0.25) is 0 Å². The molecule has 0 aliphatic rings. The van der Waals surface area contributed by atoms with Gasteiger partial charge >= 0.3 is 0 Å². The van der Waals surface area contributed by atoms with E-state index in [1.54, 1.807) is 18.2 Å². The molecular formula is C18H17FO2. The molecule has 3 aromatic rings. The van der Waals surface area contributed by atoms with Crippen LogP contribution in [-0.2, 0) is 6.42 Å². The molecule has 2 aromatic carbocycles. The van der Waals surface area contributed by atoms with E-state index in [1.165, 1.54) is 6.07 Å². The van der Waals surface area contributed by atoms with Crippen LogP contribution in [0.4, 0.5) is 4.39 Å². The number of halogens is 1. The molecule has 0 aliphatic carbocycles. The van der Waals surface area contributed by atoms with Crippen molar-refractivity contribution in [2.24, 2.45) is 0 Å². The number of hydrogen-bond donors (Lipinski definition) is 1. The summed E-state index contributed by atoms with van der Waals surface area (Å²) in [6, 6.07) is 12.6. The van der Waals surface area contributed by atoms with Gasteiger partial charge in [-0.2, -0.15) is 0 Å². The van der Waals surface area contributed by atoms with Gasteiger partial charge in [-0.1, -0.05) is 41.5 Å². The zero-order chi connectivity index (χ0) is 15.0. The third kappa shape index (κ3) is 2.83. The summed E-state index contributed by atoms with van der Waals surface area (Å²) in [6.07, 6.45) is -0.331. The van der Waals surface area contributed by atoms with Crippen molar-refractivity contribution in [3.63, 3.8) is 0 Å². The number of para-hydroxylation sites is 1. The Kier molecular flexibility index (Phi) is 3.52. The Balaban J connectivity index is 1.89. The maximum Gasteiger partial charge on any atom is 0.170 e. The Bertz CT molecular complexity index is 769. The van der Waals surface area contributed by atoms with Gasteiger partial charge in [0.2, 0.25) is 0 Å². The lowest BCUT2D eigenvalue weighted by Gasteiger charge is -2.09. The Morgan fingerprint density at radius 2 is 1.81 bits per heavy atom. The lowest BCUT2D eigenvalue weighted by atomic mass is 10.0. The summed E-state index contributed by atoms with van der Waals surface area (Å²) >= 11 is 0. The fourth-order valence-electron chi connectivity index (χ4n) is 2.72. The monoisotopic (exact) mass is 284 g/mol. The van der Waals surface area contributed by atoms with Crippen LogP contribution in [0.1, 0.15) is 28.6 Å². The number of benzene rings is 2. The molecule has 0 aliphatic heterocycles. The average Bonchev–Trinajstić information content (AvgIpc) is 2.83. The second kappa shape index (κ2) is 5.34. The van der Waals surface area contributed by atoms with Crippen molar-refractivity contribution < 1.29 is 13.9 Å². The lowest BCUT2D eigenvalue weighted by Crippen LogP contribution is -2.01. The highest BCUT2D eigenvalue weighted by atomic mass is 19.1. The smallest absolute Gasteiger partial charge is 0.170 e. The quantitative estimate of drug-likeness (QED) is 0.770. The zero-order valence-corrected chi connectivity index (χ0v) is 12.1. The van der Waals surface area contributed by atoms with E-state index in [9.17, 15) is 9.50 Å². The summed E-state index contributed by atoms with van der Waals surface area (Å²) in [4.78, 5) is 0. The number of aliphatic hydroxyl groups is 1. The molecule has 1 unspecified atom stereocenters. The standard InChI is InChI=1S/C18H17FO2/c1-11-6-12(2)8-13(7-11)9-16(20)17-10-14-4-3-5-15(19)18(14)21-17/h3-8,10,16,20H,9H2,1-2H3. The molecule has 0 bridgehead atoms. The Hall–Kier alpha value is -2.13. The molecule has 3 rings (SSSR count). The third-order valence-corrected chi connectivity index (χ3v) is 3.55. The summed E-state index contributed by atoms with van der Waals surface area (Å²) < 4.78 is 19.1. The topological polar surface area (TPSA) is 33.4 Å². The van der Waals surface area contributed by atoms with Gasteiger partial charge in [-0.3, -0.25) is 0 Å². The van der Waals surface area contributed by atoms with Crippen LogP contribution in [0.15, 0.2) is 46.9 Å². The van der Waals surface area contributed by atoms with Gasteiger partial charge in [0, 0.05) is 11.8 Å². The first-order valence-electron chi connectivity index (χ1n) is 6.96. The minimum atomic E-state index is -0.780. The second-order valence-electron chi connectivity index (χ2n) is 5.52. The van der Waals surface area contributed by atoms with Crippen LogP contribution in [0.3, 0.4) is 0 Å². The molecule has 0 saturated heterocycles. The number of rotatable bonds is 3. The van der Waals surface area contributed by atoms with Crippen LogP contribution in [0.25, 0.3) is 11.0 Å². The maximum absolute atomic E-state index is 13.6. The summed E-state index contributed by atoms with van der Waals surface area (Å²) in [6.45, 7) is 4.05. The largest absolute Gasteiger partial charge is 0.455 e. The predicted octanol–water partition coefficient (Wildman–Crippen LogP) is 4.46. The van der Waals surface area contributed by atoms with E-state index in [2.05, 4.69) is 6.07 Å². The first kappa shape index (κ1) is 13.8. The first-order valence-corrected chi connectivity index (χ1v) is 6.96. The van der Waals surface area contributed by atoms with Crippen LogP contribution in [0.5, 0.6) is 0 Å². The molecule has 0 fully saturated rings. The Morgan fingerprint density at radius 1 is 1.10 bits per heavy atom. The highest BCUT2D eigenvalue weighted by Gasteiger charge is 2.16. The molecule has 3 heteroatoms. The van der Waals surface area contributed by atoms with Gasteiger partial charge in [-0.25, -0.2) is 4.39 Å². The van der Waals surface area contributed by atoms with Gasteiger partial charge in [0.15, 0.2) is 11.4 Å². The second-order valence-corrected chi connectivity index (χ2v) is 5.52. The Morgan fingerprint density at radius 3 is 2.48 bits per heavy atom. The van der Waals surface area contributed by atoms with Crippen LogP contribution in [0, 0.1) is 19.7 Å². The normalized spacial score (nSPS) is 12.8. The van der Waals surface area contributed by atoms with Gasteiger partial charge in [-0.15, -0.1) is 0 Å². The van der Waals surface area contributed by atoms with Crippen molar-refractivity contribution in [3.8, 4) is 0 Å². The third-order valence-electron chi connectivity index (χ3n) is 3.55. The highest BCUT2D eigenvalue weighted by molar-refractivity contribution is 5.78. The fourth-order valence-corrected chi connectivity index (χ4v) is 2.72. The van der Waals surface area contributed by atoms with Gasteiger partial charge in [-0.05, 0) is 31.5 Å². The molecule has 1 N–H and O–H groups in total. The van der Waals surface area contributed by atoms with E-state index in [1.807, 2.05) is 26.0 Å². The predicted molar refractivity (Wildman–Crippen MR) is 80.8 cm³/mol. The minimum absolute atomic E-state index is 0.201. The molecule has 0 spiro atoms. The molecule has 0 saturated carbocycles. The van der Waals surface area contributed by atoms with Crippen molar-refractivity contribution in [2.75, 3.05) is 0 Å². The number of aliphatic hydroxyl groups excluding tert-OH is 1. The van der Waals surface area contributed by atoms with Gasteiger partial charge in [0.25, 0.3) is 0 Å². The van der Waals surface area contributed by atoms with E-state index >= 15 is 0 Å². The van der Waals surface area contributed by atoms with Crippen molar-refractivity contribution >= 4 is 11.0 Å². The summed E-state index contributed by atoms with van der Waals surface area (Å²) in [7, 11) is 0. The maximum atomic E-state index is 13.6. The molecule has 1 atom stereocenters. The molecule has 21 heavy (non-hydrogen) atoms. The number of hydrogen-bond acceptors (Lipinski definition) is 2. The SMILES string of the molecule is Cc1cc(C)cc(CC(O)c2cc3cccc(F)c3o2)c1. The minimum Gasteiger partial charge on any atom is -0.455 e. The van der Waals surface area contributed by atoms with Crippen molar-refractivity contribution in [1.82, 2.24) is 0 Å². The van der Waals surface area contributed by atoms with Gasteiger partial charge in [0.1, 0.15) is 11.9 Å². The molecular weight excluding hydrogens is 267 g/mol. The summed E-state index contributed by atoms with van der Waals surface area (Å²) in [5.74, 6) is -0.00777. The van der Waals surface area contributed by atoms with Crippen LogP contribution < -0.4 is 0 Å². The van der Waals surface area contributed by atoms with E-state index in [0.29, 0.717) is 17.6 Å². The highest BCUT2D eigenvalue weighted by Crippen LogP contribution is 2.28. The zero-order valence-electron chi connectivity index (χ0n) is 12.1. The van der Waals surface area contributed by atoms with Crippen molar-refractivity contribution in [3.05, 3.63) is 70.7 Å². The average molecular weight is 284 g/mol. The first-order chi connectivity index (χ1) is 10.0. The van der Waals surface area contributed by atoms with Gasteiger partial charge in [0.05, 0.1) is 0 Å². The number of furan rings is 1. The lowest BCUT2D eigenvalue weighted by molar-refractivity contribution is 0.152. The van der Waals surface area contributed by atoms with Crippen LogP contribution in [-0.4, -0.2) is 5.11 Å². The van der Waals surface area contributed by atoms with Crippen molar-refractivity contribution in [2.45, 2.75) is 26.4 Å². The molecule has 1 heterocycles. The molecule has 0 radical (unpaired) electrons. The molecule has 108 valence electrons. The van der Waals surface area contributed by atoms with Crippen molar-refractivity contribution in [1.29, 1.82) is 0 Å². The Labute approximate surface area is 122 Å². The van der Waals surface area contributed by atoms with E-state index < -0.39 is 11.9 Å². The van der Waals surface area contributed by atoms with E-state index in [-0.39, 0.29) is 5.58 Å². The number of aryl methyl sites for hydroxylation is 2. The summed E-state index contributed by atoms with van der Waals surface area (Å²) in [5.41, 5.74) is 3.56. The summed E-state index contributed by atoms with van der Waals surface area (Å²) in [5, 5.41) is 11.0. The number of fused-ring (bicyclic) bond motifs is 1. The molecule has 0 amide bonds. The molecule has 2 nitrogen and oxygen atoms in total. The molecule has 1 aromatic heterocycles.